The van der Waals surface area contributed by atoms with Crippen molar-refractivity contribution >= 4 is 50.7 Å². The van der Waals surface area contributed by atoms with Crippen molar-refractivity contribution in [1.29, 1.82) is 0 Å². The largest absolute Gasteiger partial charge is 0.457 e. The number of sulfonamides is 1. The van der Waals surface area contributed by atoms with E-state index in [0.717, 1.165) is 23.4 Å². The molecule has 0 aliphatic rings. The van der Waals surface area contributed by atoms with Crippen LogP contribution in [0, 0.1) is 0 Å². The van der Waals surface area contributed by atoms with Gasteiger partial charge in [0.05, 0.1) is 22.0 Å². The maximum Gasteiger partial charge on any atom is 0.244 e. The Morgan fingerprint density at radius 3 is 2.17 bits per heavy atom. The summed E-state index contributed by atoms with van der Waals surface area (Å²) in [6.45, 7) is 3.84. The van der Waals surface area contributed by atoms with Crippen molar-refractivity contribution in [3.63, 3.8) is 0 Å². The van der Waals surface area contributed by atoms with Crippen molar-refractivity contribution in [2.45, 2.75) is 45.7 Å². The van der Waals surface area contributed by atoms with Gasteiger partial charge in [-0.1, -0.05) is 67.7 Å². The second kappa shape index (κ2) is 15.1. The van der Waals surface area contributed by atoms with Gasteiger partial charge in [0.1, 0.15) is 24.1 Å². The summed E-state index contributed by atoms with van der Waals surface area (Å²) in [6, 6.07) is 19.7. The number of carbonyl (C=O) groups is 2. The van der Waals surface area contributed by atoms with Crippen LogP contribution < -0.4 is 14.4 Å². The molecule has 8 nitrogen and oxygen atoms in total. The van der Waals surface area contributed by atoms with E-state index in [9.17, 15) is 18.0 Å². The molecule has 41 heavy (non-hydrogen) atoms. The van der Waals surface area contributed by atoms with Crippen molar-refractivity contribution in [3.05, 3.63) is 88.4 Å². The quantitative estimate of drug-likeness (QED) is 0.214. The highest BCUT2D eigenvalue weighted by Crippen LogP contribution is 2.27. The number of ether oxygens (including phenoxy) is 1. The van der Waals surface area contributed by atoms with Crippen LogP contribution in [0.25, 0.3) is 0 Å². The van der Waals surface area contributed by atoms with Crippen LogP contribution in [0.2, 0.25) is 10.0 Å². The molecule has 0 radical (unpaired) electrons. The van der Waals surface area contributed by atoms with Crippen molar-refractivity contribution in [2.24, 2.45) is 0 Å². The summed E-state index contributed by atoms with van der Waals surface area (Å²) in [4.78, 5) is 28.4. The monoisotopic (exact) mass is 619 g/mol. The van der Waals surface area contributed by atoms with E-state index in [1.165, 1.54) is 4.90 Å². The average molecular weight is 621 g/mol. The summed E-state index contributed by atoms with van der Waals surface area (Å²) in [5.41, 5.74) is 0.942. The van der Waals surface area contributed by atoms with Crippen molar-refractivity contribution in [1.82, 2.24) is 10.2 Å². The van der Waals surface area contributed by atoms with E-state index in [1.54, 1.807) is 61.5 Å². The number of nitrogens with zero attached hydrogens (tertiary/aromatic N) is 2. The zero-order chi connectivity index (χ0) is 30.0. The Bertz CT molecular complexity index is 1420. The van der Waals surface area contributed by atoms with Gasteiger partial charge < -0.3 is 15.0 Å². The first-order valence-corrected chi connectivity index (χ1v) is 16.0. The fraction of sp³-hybridized carbons (Fsp3) is 0.333. The molecular weight excluding hydrogens is 585 g/mol. The third-order valence-corrected chi connectivity index (χ3v) is 8.21. The number of para-hydroxylation sites is 1. The van der Waals surface area contributed by atoms with Crippen LogP contribution in [-0.2, 0) is 26.2 Å². The lowest BCUT2D eigenvalue weighted by Gasteiger charge is -2.33. The molecule has 11 heteroatoms. The van der Waals surface area contributed by atoms with Crippen LogP contribution in [0.4, 0.5) is 5.69 Å². The van der Waals surface area contributed by atoms with Crippen LogP contribution in [0.5, 0.6) is 11.5 Å². The molecule has 0 spiro atoms. The molecule has 0 aliphatic heterocycles. The van der Waals surface area contributed by atoms with E-state index in [4.69, 9.17) is 27.9 Å². The smallest absolute Gasteiger partial charge is 0.244 e. The molecule has 1 N–H and O–H groups in total. The highest BCUT2D eigenvalue weighted by molar-refractivity contribution is 7.92. The Hall–Kier alpha value is -3.27. The maximum absolute atomic E-state index is 13.8. The van der Waals surface area contributed by atoms with Crippen LogP contribution in [0.1, 0.15) is 38.7 Å². The standard InChI is InChI=1S/C30H35Cl2N3O5S/c1-4-6-18-33-30(37)28(5-2)34(20-22-12-17-26(31)27(32)19-22)29(36)21-35(41(3,38)39)23-13-15-25(16-14-23)40-24-10-8-7-9-11-24/h7-17,19,28H,4-6,18,20-21H2,1-3H3,(H,33,37)/t28-/m1/s1. The van der Waals surface area contributed by atoms with E-state index in [-0.39, 0.29) is 18.1 Å². The van der Waals surface area contributed by atoms with Gasteiger partial charge in [-0.15, -0.1) is 0 Å². The fourth-order valence-corrected chi connectivity index (χ4v) is 5.35. The molecule has 3 aromatic rings. The lowest BCUT2D eigenvalue weighted by atomic mass is 10.1. The molecule has 0 aliphatic carbocycles. The zero-order valence-electron chi connectivity index (χ0n) is 23.3. The van der Waals surface area contributed by atoms with E-state index in [2.05, 4.69) is 5.32 Å². The van der Waals surface area contributed by atoms with Crippen molar-refractivity contribution in [3.8, 4) is 11.5 Å². The number of rotatable bonds is 14. The van der Waals surface area contributed by atoms with Crippen molar-refractivity contribution < 1.29 is 22.7 Å². The molecule has 3 rings (SSSR count). The van der Waals surface area contributed by atoms with Gasteiger partial charge in [0.25, 0.3) is 0 Å². The molecule has 0 bridgehead atoms. The van der Waals surface area contributed by atoms with Gasteiger partial charge in [-0.25, -0.2) is 8.42 Å². The van der Waals surface area contributed by atoms with Gasteiger partial charge >= 0.3 is 0 Å². The summed E-state index contributed by atoms with van der Waals surface area (Å²) in [6.07, 6.45) is 3.07. The first-order chi connectivity index (χ1) is 19.5. The predicted molar refractivity (Wildman–Crippen MR) is 164 cm³/mol. The Balaban J connectivity index is 1.89. The highest BCUT2D eigenvalue weighted by Gasteiger charge is 2.31. The number of hydrogen-bond acceptors (Lipinski definition) is 5. The van der Waals surface area contributed by atoms with Crippen LogP contribution in [0.3, 0.4) is 0 Å². The molecule has 0 aromatic heterocycles. The average Bonchev–Trinajstić information content (AvgIpc) is 2.94. The van der Waals surface area contributed by atoms with Crippen molar-refractivity contribution in [2.75, 3.05) is 23.7 Å². The molecular formula is C30H35Cl2N3O5S. The topological polar surface area (TPSA) is 96.0 Å². The Labute approximate surface area is 252 Å². The highest BCUT2D eigenvalue weighted by atomic mass is 35.5. The van der Waals surface area contributed by atoms with E-state index in [1.807, 2.05) is 25.1 Å². The van der Waals surface area contributed by atoms with Gasteiger partial charge in [0.15, 0.2) is 0 Å². The number of nitrogens with one attached hydrogen (secondary N) is 1. The summed E-state index contributed by atoms with van der Waals surface area (Å²) in [7, 11) is -3.87. The fourth-order valence-electron chi connectivity index (χ4n) is 4.18. The zero-order valence-corrected chi connectivity index (χ0v) is 25.7. The van der Waals surface area contributed by atoms with Crippen LogP contribution >= 0.6 is 23.2 Å². The molecule has 220 valence electrons. The maximum atomic E-state index is 13.8. The molecule has 1 atom stereocenters. The molecule has 0 fully saturated rings. The Morgan fingerprint density at radius 1 is 0.927 bits per heavy atom. The number of halogens is 2. The van der Waals surface area contributed by atoms with Gasteiger partial charge in [0, 0.05) is 13.1 Å². The molecule has 0 unspecified atom stereocenters. The van der Waals surface area contributed by atoms with Gasteiger partial charge in [-0.3, -0.25) is 13.9 Å². The molecule has 0 saturated carbocycles. The second-order valence-corrected chi connectivity index (χ2v) is 12.2. The summed E-state index contributed by atoms with van der Waals surface area (Å²) >= 11 is 12.3. The molecule has 0 heterocycles. The summed E-state index contributed by atoms with van der Waals surface area (Å²) in [5, 5.41) is 3.57. The van der Waals surface area contributed by atoms with Gasteiger partial charge in [-0.2, -0.15) is 0 Å². The lowest BCUT2D eigenvalue weighted by Crippen LogP contribution is -2.52. The minimum Gasteiger partial charge on any atom is -0.457 e. The Kier molecular flexibility index (Phi) is 11.9. The SMILES string of the molecule is CCCCNC(=O)[C@@H](CC)N(Cc1ccc(Cl)c(Cl)c1)C(=O)CN(c1ccc(Oc2ccccc2)cc1)S(C)(=O)=O. The number of amides is 2. The Morgan fingerprint density at radius 2 is 1.59 bits per heavy atom. The second-order valence-electron chi connectivity index (χ2n) is 9.52. The van der Waals surface area contributed by atoms with E-state index < -0.39 is 28.5 Å². The molecule has 0 saturated heterocycles. The predicted octanol–water partition coefficient (Wildman–Crippen LogP) is 6.28. The number of anilines is 1. The number of hydrogen-bond donors (Lipinski definition) is 1. The minimum atomic E-state index is -3.87. The molecule has 2 amide bonds. The van der Waals surface area contributed by atoms with E-state index >= 15 is 0 Å². The van der Waals surface area contributed by atoms with Crippen LogP contribution in [0.15, 0.2) is 72.8 Å². The van der Waals surface area contributed by atoms with Crippen LogP contribution in [-0.4, -0.2) is 50.5 Å². The van der Waals surface area contributed by atoms with Gasteiger partial charge in [0.2, 0.25) is 21.8 Å². The lowest BCUT2D eigenvalue weighted by molar-refractivity contribution is -0.140. The third-order valence-electron chi connectivity index (χ3n) is 6.34. The third kappa shape index (κ3) is 9.38. The van der Waals surface area contributed by atoms with Gasteiger partial charge in [-0.05, 0) is 66.9 Å². The summed E-state index contributed by atoms with van der Waals surface area (Å²) < 4.78 is 32.6. The summed E-state index contributed by atoms with van der Waals surface area (Å²) in [5.74, 6) is 0.304. The van der Waals surface area contributed by atoms with E-state index in [0.29, 0.717) is 40.1 Å². The number of benzene rings is 3. The first-order valence-electron chi connectivity index (χ1n) is 13.3. The normalized spacial score (nSPS) is 11.9. The number of carbonyl (C=O) groups excluding carboxylic acids is 2. The molecule has 3 aromatic carbocycles. The minimum absolute atomic E-state index is 0.0386. The number of unbranched alkanes of at least 4 members (excludes halogenated alkanes) is 1. The first kappa shape index (κ1) is 32.2.